The molecular weight excluding hydrogens is 283 g/mol. The summed E-state index contributed by atoms with van der Waals surface area (Å²) in [5.41, 5.74) is 1.32. The molecule has 1 heterocycles. The molecule has 1 saturated heterocycles. The molecule has 0 unspecified atom stereocenters. The zero-order valence-electron chi connectivity index (χ0n) is 13.4. The highest BCUT2D eigenvalue weighted by Gasteiger charge is 2.18. The lowest BCUT2D eigenvalue weighted by Crippen LogP contribution is -2.38. The van der Waals surface area contributed by atoms with E-state index in [0.717, 1.165) is 38.2 Å². The minimum absolute atomic E-state index is 0.276. The van der Waals surface area contributed by atoms with Crippen LogP contribution in [0.2, 0.25) is 0 Å². The number of unbranched alkanes of at least 4 members (excludes halogenated alkanes) is 1. The number of benzene rings is 1. The maximum Gasteiger partial charge on any atom is 0.195 e. The molecule has 2 rings (SSSR count). The van der Waals surface area contributed by atoms with Crippen molar-refractivity contribution >= 4 is 17.3 Å². The first-order chi connectivity index (χ1) is 10.8. The molecule has 1 fully saturated rings. The summed E-state index contributed by atoms with van der Waals surface area (Å²) in [6.07, 6.45) is 2.15. The van der Waals surface area contributed by atoms with Gasteiger partial charge in [0.15, 0.2) is 5.96 Å². The standard InChI is InChI=1S/C16H25FN4O/c1-3-4-8-19-16(18-2)20-15-13(17)6-5-7-14(15)21-9-11-22-12-10-21/h5-7H,3-4,8-12H2,1-2H3,(H2,18,19,20). The van der Waals surface area contributed by atoms with Crippen LogP contribution >= 0.6 is 0 Å². The van der Waals surface area contributed by atoms with E-state index in [4.69, 9.17) is 4.74 Å². The lowest BCUT2D eigenvalue weighted by atomic mass is 10.2. The van der Waals surface area contributed by atoms with Gasteiger partial charge in [-0.2, -0.15) is 0 Å². The van der Waals surface area contributed by atoms with Gasteiger partial charge in [-0.25, -0.2) is 4.39 Å². The summed E-state index contributed by atoms with van der Waals surface area (Å²) in [5.74, 6) is 0.315. The van der Waals surface area contributed by atoms with Crippen molar-refractivity contribution in [2.24, 2.45) is 4.99 Å². The van der Waals surface area contributed by atoms with E-state index in [1.165, 1.54) is 6.07 Å². The number of ether oxygens (including phenoxy) is 1. The third kappa shape index (κ3) is 4.34. The van der Waals surface area contributed by atoms with Crippen molar-refractivity contribution in [1.82, 2.24) is 5.32 Å². The molecule has 0 aromatic heterocycles. The predicted octanol–water partition coefficient (Wildman–Crippen LogP) is 2.45. The molecule has 22 heavy (non-hydrogen) atoms. The van der Waals surface area contributed by atoms with Crippen LogP contribution in [0.1, 0.15) is 19.8 Å². The first-order valence-electron chi connectivity index (χ1n) is 7.85. The summed E-state index contributed by atoms with van der Waals surface area (Å²) in [4.78, 5) is 6.30. The maximum absolute atomic E-state index is 14.3. The molecule has 1 aliphatic heterocycles. The van der Waals surface area contributed by atoms with Crippen LogP contribution in [0.15, 0.2) is 23.2 Å². The van der Waals surface area contributed by atoms with Crippen LogP contribution in [0.25, 0.3) is 0 Å². The highest BCUT2D eigenvalue weighted by molar-refractivity contribution is 5.96. The second kappa shape index (κ2) is 8.58. The van der Waals surface area contributed by atoms with Crippen LogP contribution in [0.4, 0.5) is 15.8 Å². The number of morpholine rings is 1. The largest absolute Gasteiger partial charge is 0.378 e. The number of guanidine groups is 1. The van der Waals surface area contributed by atoms with Gasteiger partial charge in [0.1, 0.15) is 11.5 Å². The van der Waals surface area contributed by atoms with Gasteiger partial charge in [0.25, 0.3) is 0 Å². The first-order valence-corrected chi connectivity index (χ1v) is 7.85. The van der Waals surface area contributed by atoms with Crippen LogP contribution in [-0.4, -0.2) is 45.9 Å². The molecule has 2 N–H and O–H groups in total. The average Bonchev–Trinajstić information content (AvgIpc) is 2.56. The van der Waals surface area contributed by atoms with E-state index < -0.39 is 0 Å². The number of aliphatic imine (C=N–C) groups is 1. The molecule has 6 heteroatoms. The van der Waals surface area contributed by atoms with E-state index >= 15 is 0 Å². The Bertz CT molecular complexity index is 501. The highest BCUT2D eigenvalue weighted by atomic mass is 19.1. The molecule has 0 saturated carbocycles. The molecule has 0 spiro atoms. The van der Waals surface area contributed by atoms with Crippen molar-refractivity contribution in [3.8, 4) is 0 Å². The van der Waals surface area contributed by atoms with Crippen molar-refractivity contribution < 1.29 is 9.13 Å². The number of nitrogens with one attached hydrogen (secondary N) is 2. The van der Waals surface area contributed by atoms with E-state index in [1.807, 2.05) is 6.07 Å². The topological polar surface area (TPSA) is 48.9 Å². The molecule has 1 aliphatic rings. The molecular formula is C16H25FN4O. The lowest BCUT2D eigenvalue weighted by molar-refractivity contribution is 0.122. The Morgan fingerprint density at radius 2 is 2.14 bits per heavy atom. The molecule has 0 bridgehead atoms. The number of para-hydroxylation sites is 1. The highest BCUT2D eigenvalue weighted by Crippen LogP contribution is 2.29. The molecule has 0 amide bonds. The quantitative estimate of drug-likeness (QED) is 0.498. The Kier molecular flexibility index (Phi) is 6.45. The minimum Gasteiger partial charge on any atom is -0.378 e. The van der Waals surface area contributed by atoms with Gasteiger partial charge < -0.3 is 20.3 Å². The Labute approximate surface area is 131 Å². The summed E-state index contributed by atoms with van der Waals surface area (Å²) < 4.78 is 19.7. The fourth-order valence-electron chi connectivity index (χ4n) is 2.39. The lowest BCUT2D eigenvalue weighted by Gasteiger charge is -2.31. The van der Waals surface area contributed by atoms with E-state index in [0.29, 0.717) is 24.9 Å². The summed E-state index contributed by atoms with van der Waals surface area (Å²) in [6.45, 7) is 5.81. The van der Waals surface area contributed by atoms with Crippen LogP contribution in [0, 0.1) is 5.82 Å². The molecule has 0 aliphatic carbocycles. The fourth-order valence-corrected chi connectivity index (χ4v) is 2.39. The monoisotopic (exact) mass is 308 g/mol. The second-order valence-corrected chi connectivity index (χ2v) is 5.21. The van der Waals surface area contributed by atoms with Crippen LogP contribution in [0.5, 0.6) is 0 Å². The number of hydrogen-bond acceptors (Lipinski definition) is 3. The normalized spacial score (nSPS) is 15.8. The Morgan fingerprint density at radius 1 is 1.36 bits per heavy atom. The van der Waals surface area contributed by atoms with E-state index in [2.05, 4.69) is 27.4 Å². The van der Waals surface area contributed by atoms with Gasteiger partial charge in [0.05, 0.1) is 18.9 Å². The van der Waals surface area contributed by atoms with Crippen molar-refractivity contribution in [1.29, 1.82) is 0 Å². The fraction of sp³-hybridized carbons (Fsp3) is 0.562. The molecule has 0 radical (unpaired) electrons. The van der Waals surface area contributed by atoms with Crippen molar-refractivity contribution in [2.45, 2.75) is 19.8 Å². The summed E-state index contributed by atoms with van der Waals surface area (Å²) in [7, 11) is 1.69. The number of rotatable bonds is 5. The van der Waals surface area contributed by atoms with Crippen molar-refractivity contribution in [2.75, 3.05) is 50.1 Å². The third-order valence-corrected chi connectivity index (χ3v) is 3.63. The SMILES string of the molecule is CCCCN/C(=N\C)Nc1c(F)cccc1N1CCOCC1. The summed E-state index contributed by atoms with van der Waals surface area (Å²) >= 11 is 0. The molecule has 0 atom stereocenters. The van der Waals surface area contributed by atoms with Gasteiger partial charge in [0.2, 0.25) is 0 Å². The van der Waals surface area contributed by atoms with Gasteiger partial charge in [-0.3, -0.25) is 4.99 Å². The average molecular weight is 308 g/mol. The molecule has 5 nitrogen and oxygen atoms in total. The van der Waals surface area contributed by atoms with Gasteiger partial charge in [-0.05, 0) is 18.6 Å². The van der Waals surface area contributed by atoms with E-state index in [9.17, 15) is 4.39 Å². The third-order valence-electron chi connectivity index (χ3n) is 3.63. The summed E-state index contributed by atoms with van der Waals surface area (Å²) in [5, 5.41) is 6.31. The Morgan fingerprint density at radius 3 is 2.82 bits per heavy atom. The zero-order valence-corrected chi connectivity index (χ0v) is 13.4. The zero-order chi connectivity index (χ0) is 15.8. The number of nitrogens with zero attached hydrogens (tertiary/aromatic N) is 2. The Hall–Kier alpha value is -1.82. The maximum atomic E-state index is 14.3. The number of hydrogen-bond donors (Lipinski definition) is 2. The number of halogens is 1. The second-order valence-electron chi connectivity index (χ2n) is 5.21. The van der Waals surface area contributed by atoms with Gasteiger partial charge in [-0.15, -0.1) is 0 Å². The predicted molar refractivity (Wildman–Crippen MR) is 89.3 cm³/mol. The van der Waals surface area contributed by atoms with Gasteiger partial charge in [0, 0.05) is 26.7 Å². The van der Waals surface area contributed by atoms with E-state index in [-0.39, 0.29) is 5.82 Å². The van der Waals surface area contributed by atoms with Crippen molar-refractivity contribution in [3.63, 3.8) is 0 Å². The molecule has 1 aromatic carbocycles. The summed E-state index contributed by atoms with van der Waals surface area (Å²) in [6, 6.07) is 5.13. The minimum atomic E-state index is -0.276. The van der Waals surface area contributed by atoms with E-state index in [1.54, 1.807) is 13.1 Å². The van der Waals surface area contributed by atoms with Crippen molar-refractivity contribution in [3.05, 3.63) is 24.0 Å². The van der Waals surface area contributed by atoms with Crippen LogP contribution in [0.3, 0.4) is 0 Å². The molecule has 122 valence electrons. The smallest absolute Gasteiger partial charge is 0.195 e. The first kappa shape index (κ1) is 16.5. The molecule has 1 aromatic rings. The van der Waals surface area contributed by atoms with Crippen LogP contribution in [-0.2, 0) is 4.74 Å². The van der Waals surface area contributed by atoms with Gasteiger partial charge in [-0.1, -0.05) is 19.4 Å². The van der Waals surface area contributed by atoms with Gasteiger partial charge >= 0.3 is 0 Å². The number of anilines is 2. The van der Waals surface area contributed by atoms with Crippen LogP contribution < -0.4 is 15.5 Å². The Balaban J connectivity index is 2.14.